The number of anilines is 2. The Kier molecular flexibility index (Phi) is 8.84. The number of nitrogens with one attached hydrogen (secondary N) is 1. The molecule has 0 saturated carbocycles. The van der Waals surface area contributed by atoms with Gasteiger partial charge in [0, 0.05) is 22.8 Å². The Labute approximate surface area is 226 Å². The number of non-ortho nitro benzene ring substituents is 1. The van der Waals surface area contributed by atoms with Gasteiger partial charge in [0.15, 0.2) is 0 Å². The molecule has 0 spiro atoms. The minimum absolute atomic E-state index is 0.105. The Morgan fingerprint density at radius 3 is 2.05 bits per heavy atom. The molecule has 0 heterocycles. The number of para-hydroxylation sites is 1. The lowest BCUT2D eigenvalue weighted by Gasteiger charge is -2.26. The van der Waals surface area contributed by atoms with E-state index in [2.05, 4.69) is 5.32 Å². The van der Waals surface area contributed by atoms with Crippen LogP contribution in [0.25, 0.3) is 0 Å². The highest BCUT2D eigenvalue weighted by atomic mass is 35.5. The van der Waals surface area contributed by atoms with Gasteiger partial charge in [-0.15, -0.1) is 0 Å². The predicted molar refractivity (Wildman–Crippen MR) is 147 cm³/mol. The number of rotatable bonds is 9. The highest BCUT2D eigenvalue weighted by molar-refractivity contribution is 7.93. The molecule has 1 N–H and O–H groups in total. The Balaban J connectivity index is 2.08. The van der Waals surface area contributed by atoms with Crippen LogP contribution in [0, 0.1) is 10.1 Å². The van der Waals surface area contributed by atoms with E-state index in [0.29, 0.717) is 10.7 Å². The van der Waals surface area contributed by atoms with E-state index < -0.39 is 38.0 Å². The van der Waals surface area contributed by atoms with Gasteiger partial charge < -0.3 is 5.32 Å². The molecule has 0 saturated heterocycles. The van der Waals surface area contributed by atoms with Gasteiger partial charge in [-0.05, 0) is 53.3 Å². The van der Waals surface area contributed by atoms with Crippen LogP contribution in [0.5, 0.6) is 0 Å². The van der Waals surface area contributed by atoms with Crippen molar-refractivity contribution in [2.45, 2.75) is 44.4 Å². The van der Waals surface area contributed by atoms with E-state index in [-0.39, 0.29) is 22.5 Å². The maximum atomic E-state index is 13.8. The molecule has 8 nitrogen and oxygen atoms in total. The second-order valence-electron chi connectivity index (χ2n) is 9.03. The van der Waals surface area contributed by atoms with Crippen LogP contribution >= 0.6 is 23.2 Å². The molecule has 0 radical (unpaired) electrons. The summed E-state index contributed by atoms with van der Waals surface area (Å²) in [6.07, 6.45) is 0. The zero-order chi connectivity index (χ0) is 27.5. The lowest BCUT2D eigenvalue weighted by molar-refractivity contribution is -0.385. The zero-order valence-electron chi connectivity index (χ0n) is 20.7. The first-order chi connectivity index (χ1) is 17.3. The van der Waals surface area contributed by atoms with Crippen LogP contribution < -0.4 is 9.62 Å². The predicted octanol–water partition coefficient (Wildman–Crippen LogP) is 6.98. The standard InChI is InChI=1S/C26H27Cl2N3O5S/c1-16(2)21-6-5-7-22(17(3)4)26(21)29-25(32)15-30(19-10-8-18(27)9-11-19)37(35,36)24-14-20(31(33)34)12-13-23(24)28/h5-14,16-17H,15H2,1-4H3,(H,29,32). The van der Waals surface area contributed by atoms with Crippen molar-refractivity contribution in [1.29, 1.82) is 0 Å². The Morgan fingerprint density at radius 2 is 1.54 bits per heavy atom. The number of hydrogen-bond donors (Lipinski definition) is 1. The summed E-state index contributed by atoms with van der Waals surface area (Å²) in [5, 5.41) is 14.4. The number of halogens is 2. The van der Waals surface area contributed by atoms with Gasteiger partial charge in [0.25, 0.3) is 15.7 Å². The summed E-state index contributed by atoms with van der Waals surface area (Å²) >= 11 is 12.2. The molecule has 0 fully saturated rings. The summed E-state index contributed by atoms with van der Waals surface area (Å²) in [6.45, 7) is 7.41. The smallest absolute Gasteiger partial charge is 0.270 e. The van der Waals surface area contributed by atoms with Gasteiger partial charge in [-0.1, -0.05) is 69.1 Å². The first kappa shape index (κ1) is 28.4. The Bertz CT molecular complexity index is 1400. The molecule has 3 aromatic rings. The number of nitrogens with zero attached hydrogens (tertiary/aromatic N) is 2. The lowest BCUT2D eigenvalue weighted by atomic mass is 9.92. The van der Waals surface area contributed by atoms with Crippen molar-refractivity contribution >= 4 is 56.2 Å². The third-order valence-corrected chi connectivity index (χ3v) is 8.24. The van der Waals surface area contributed by atoms with Gasteiger partial charge in [-0.2, -0.15) is 0 Å². The van der Waals surface area contributed by atoms with Gasteiger partial charge in [0.05, 0.1) is 15.6 Å². The van der Waals surface area contributed by atoms with Crippen molar-refractivity contribution in [2.75, 3.05) is 16.2 Å². The number of carbonyl (C=O) groups excluding carboxylic acids is 1. The maximum absolute atomic E-state index is 13.8. The van der Waals surface area contributed by atoms with Gasteiger partial charge in [-0.25, -0.2) is 8.42 Å². The topological polar surface area (TPSA) is 110 Å². The molecule has 0 atom stereocenters. The SMILES string of the molecule is CC(C)c1cccc(C(C)C)c1NC(=O)CN(c1ccc(Cl)cc1)S(=O)(=O)c1cc([N+](=O)[O-])ccc1Cl. The average Bonchev–Trinajstić information content (AvgIpc) is 2.83. The quantitative estimate of drug-likeness (QED) is 0.223. The number of hydrogen-bond acceptors (Lipinski definition) is 5. The van der Waals surface area contributed by atoms with Crippen LogP contribution in [0.1, 0.15) is 50.7 Å². The monoisotopic (exact) mass is 563 g/mol. The van der Waals surface area contributed by atoms with E-state index in [1.54, 1.807) is 0 Å². The fourth-order valence-electron chi connectivity index (χ4n) is 3.85. The lowest BCUT2D eigenvalue weighted by Crippen LogP contribution is -2.38. The molecule has 0 aromatic heterocycles. The first-order valence-corrected chi connectivity index (χ1v) is 13.7. The Hall–Kier alpha value is -3.14. The molecule has 196 valence electrons. The normalized spacial score (nSPS) is 11.6. The molecule has 0 aliphatic carbocycles. The van der Waals surface area contributed by atoms with E-state index in [9.17, 15) is 23.3 Å². The highest BCUT2D eigenvalue weighted by Crippen LogP contribution is 2.34. The fourth-order valence-corrected chi connectivity index (χ4v) is 5.89. The molecule has 11 heteroatoms. The average molecular weight is 564 g/mol. The minimum Gasteiger partial charge on any atom is -0.324 e. The van der Waals surface area contributed by atoms with E-state index in [0.717, 1.165) is 33.6 Å². The molecular formula is C26H27Cl2N3O5S. The van der Waals surface area contributed by atoms with E-state index >= 15 is 0 Å². The second kappa shape index (κ2) is 11.5. The van der Waals surface area contributed by atoms with Crippen molar-refractivity contribution in [1.82, 2.24) is 0 Å². The third-order valence-electron chi connectivity index (χ3n) is 5.73. The van der Waals surface area contributed by atoms with Crippen molar-refractivity contribution in [3.63, 3.8) is 0 Å². The molecule has 0 aliphatic rings. The number of sulfonamides is 1. The van der Waals surface area contributed by atoms with Crippen LogP contribution in [0.2, 0.25) is 10.0 Å². The van der Waals surface area contributed by atoms with Crippen molar-refractivity contribution in [2.24, 2.45) is 0 Å². The van der Waals surface area contributed by atoms with Crippen LogP contribution in [-0.2, 0) is 14.8 Å². The summed E-state index contributed by atoms with van der Waals surface area (Å²) in [5.74, 6) is -0.377. The van der Waals surface area contributed by atoms with E-state index in [1.165, 1.54) is 24.3 Å². The van der Waals surface area contributed by atoms with Crippen molar-refractivity contribution < 1.29 is 18.1 Å². The minimum atomic E-state index is -4.50. The number of nitro groups is 1. The molecule has 0 bridgehead atoms. The molecule has 0 unspecified atom stereocenters. The van der Waals surface area contributed by atoms with Gasteiger partial charge >= 0.3 is 0 Å². The molecular weight excluding hydrogens is 537 g/mol. The van der Waals surface area contributed by atoms with Crippen LogP contribution in [0.3, 0.4) is 0 Å². The van der Waals surface area contributed by atoms with Gasteiger partial charge in [0.2, 0.25) is 5.91 Å². The summed E-state index contributed by atoms with van der Waals surface area (Å²) < 4.78 is 28.4. The molecule has 3 rings (SSSR count). The van der Waals surface area contributed by atoms with E-state index in [1.807, 2.05) is 45.9 Å². The first-order valence-electron chi connectivity index (χ1n) is 11.5. The Morgan fingerprint density at radius 1 is 0.973 bits per heavy atom. The largest absolute Gasteiger partial charge is 0.324 e. The van der Waals surface area contributed by atoms with E-state index in [4.69, 9.17) is 23.2 Å². The highest BCUT2D eigenvalue weighted by Gasteiger charge is 2.31. The van der Waals surface area contributed by atoms with Crippen molar-refractivity contribution in [3.8, 4) is 0 Å². The molecule has 1 amide bonds. The second-order valence-corrected chi connectivity index (χ2v) is 11.7. The summed E-state index contributed by atoms with van der Waals surface area (Å²) in [6, 6.07) is 14.7. The summed E-state index contributed by atoms with van der Waals surface area (Å²) in [7, 11) is -4.50. The number of carbonyl (C=O) groups is 1. The van der Waals surface area contributed by atoms with Crippen LogP contribution in [-0.4, -0.2) is 25.8 Å². The fraction of sp³-hybridized carbons (Fsp3) is 0.269. The zero-order valence-corrected chi connectivity index (χ0v) is 23.1. The maximum Gasteiger partial charge on any atom is 0.270 e. The van der Waals surface area contributed by atoms with Crippen molar-refractivity contribution in [3.05, 3.63) is 92.0 Å². The molecule has 37 heavy (non-hydrogen) atoms. The number of benzene rings is 3. The molecule has 3 aromatic carbocycles. The van der Waals surface area contributed by atoms with Crippen LogP contribution in [0.4, 0.5) is 17.1 Å². The number of nitro benzene ring substituents is 1. The number of amides is 1. The summed E-state index contributed by atoms with van der Waals surface area (Å²) in [5.41, 5.74) is 2.17. The van der Waals surface area contributed by atoms with Gasteiger partial charge in [0.1, 0.15) is 11.4 Å². The summed E-state index contributed by atoms with van der Waals surface area (Å²) in [4.78, 5) is 23.5. The molecule has 0 aliphatic heterocycles. The van der Waals surface area contributed by atoms with Gasteiger partial charge in [-0.3, -0.25) is 19.2 Å². The van der Waals surface area contributed by atoms with Crippen LogP contribution in [0.15, 0.2) is 65.6 Å². The third kappa shape index (κ3) is 6.41.